The third kappa shape index (κ3) is 4.86. The second kappa shape index (κ2) is 9.84. The Labute approximate surface area is 208 Å². The van der Waals surface area contributed by atoms with Crippen LogP contribution >= 0.6 is 27.5 Å². The molecule has 2 amide bonds. The molecule has 1 aliphatic heterocycles. The van der Waals surface area contributed by atoms with E-state index in [1.807, 2.05) is 0 Å². The first-order valence-electron chi connectivity index (χ1n) is 10.6. The zero-order valence-electron chi connectivity index (χ0n) is 18.2. The smallest absolute Gasteiger partial charge is 0.243 e. The Morgan fingerprint density at radius 2 is 2.00 bits per heavy atom. The summed E-state index contributed by atoms with van der Waals surface area (Å²) in [5.41, 5.74) is 1.33. The minimum atomic E-state index is -1.36. The Bertz CT molecular complexity index is 1300. The molecular weight excluding hydrogens is 532 g/mol. The number of likely N-dealkylation sites (tertiary alicyclic amines) is 1. The van der Waals surface area contributed by atoms with Crippen molar-refractivity contribution in [3.05, 3.63) is 69.0 Å². The average molecular weight is 553 g/mol. The fraction of sp³-hybridized carbons (Fsp3) is 0.292. The third-order valence-corrected chi connectivity index (χ3v) is 6.67. The number of amides is 2. The summed E-state index contributed by atoms with van der Waals surface area (Å²) in [6.45, 7) is 0.920. The maximum Gasteiger partial charge on any atom is 0.243 e. The zero-order chi connectivity index (χ0) is 24.6. The van der Waals surface area contributed by atoms with E-state index >= 15 is 0 Å². The van der Waals surface area contributed by atoms with Crippen molar-refractivity contribution in [2.45, 2.75) is 38.6 Å². The number of Topliss-reactive ketones (excluding diaryl/α,β-unsaturated/α-hetero) is 1. The van der Waals surface area contributed by atoms with Gasteiger partial charge in [0.2, 0.25) is 11.8 Å². The van der Waals surface area contributed by atoms with Crippen LogP contribution in [0.1, 0.15) is 29.3 Å². The van der Waals surface area contributed by atoms with E-state index in [2.05, 4.69) is 21.2 Å². The van der Waals surface area contributed by atoms with E-state index in [-0.39, 0.29) is 42.4 Å². The van der Waals surface area contributed by atoms with E-state index in [0.29, 0.717) is 16.5 Å². The molecule has 10 heteroatoms. The lowest BCUT2D eigenvalue weighted by Crippen LogP contribution is -2.46. The van der Waals surface area contributed by atoms with Crippen LogP contribution in [0, 0.1) is 5.82 Å². The lowest BCUT2D eigenvalue weighted by Gasteiger charge is -2.24. The fourth-order valence-electron chi connectivity index (χ4n) is 4.21. The minimum Gasteiger partial charge on any atom is -0.350 e. The standard InChI is InChI=1S/C24H21BrClF2N3O3/c1-13(32)18-11-30(20-7-15(25)5-6-17(18)20)12-22(33)31-10-16(27)8-21(31)24(34)29-9-14-3-2-4-19(26)23(14)28/h2-7,11,16,21H,8-10,12H2,1H3,(H,29,34)/t16-,21+/m1/s1. The first-order chi connectivity index (χ1) is 16.2. The predicted octanol–water partition coefficient (Wildman–Crippen LogP) is 4.65. The number of nitrogens with one attached hydrogen (secondary N) is 1. The topological polar surface area (TPSA) is 71.4 Å². The van der Waals surface area contributed by atoms with Gasteiger partial charge in [0.1, 0.15) is 24.6 Å². The summed E-state index contributed by atoms with van der Waals surface area (Å²) in [4.78, 5) is 39.2. The molecule has 1 fully saturated rings. The van der Waals surface area contributed by atoms with Crippen molar-refractivity contribution in [1.29, 1.82) is 0 Å². The molecule has 2 atom stereocenters. The van der Waals surface area contributed by atoms with E-state index in [1.54, 1.807) is 35.0 Å². The van der Waals surface area contributed by atoms with Gasteiger partial charge in [-0.3, -0.25) is 14.4 Å². The van der Waals surface area contributed by atoms with Crippen LogP contribution in [-0.2, 0) is 22.7 Å². The second-order valence-corrected chi connectivity index (χ2v) is 9.54. The Morgan fingerprint density at radius 1 is 1.24 bits per heavy atom. The number of halogens is 4. The number of hydrogen-bond acceptors (Lipinski definition) is 3. The quantitative estimate of drug-likeness (QED) is 0.453. The van der Waals surface area contributed by atoms with Crippen LogP contribution in [0.2, 0.25) is 5.02 Å². The summed E-state index contributed by atoms with van der Waals surface area (Å²) in [5.74, 6) is -1.81. The monoisotopic (exact) mass is 551 g/mol. The van der Waals surface area contributed by atoms with Gasteiger partial charge in [-0.1, -0.05) is 45.7 Å². The first kappa shape index (κ1) is 24.3. The van der Waals surface area contributed by atoms with E-state index in [4.69, 9.17) is 11.6 Å². The molecule has 0 bridgehead atoms. The average Bonchev–Trinajstić information content (AvgIpc) is 3.35. The minimum absolute atomic E-state index is 0.0660. The lowest BCUT2D eigenvalue weighted by molar-refractivity contribution is -0.139. The van der Waals surface area contributed by atoms with Crippen LogP contribution in [0.15, 0.2) is 47.1 Å². The fourth-order valence-corrected chi connectivity index (χ4v) is 4.75. The van der Waals surface area contributed by atoms with Gasteiger partial charge >= 0.3 is 0 Å². The zero-order valence-corrected chi connectivity index (χ0v) is 20.5. The van der Waals surface area contributed by atoms with E-state index in [1.165, 1.54) is 24.0 Å². The number of carbonyl (C=O) groups is 3. The number of fused-ring (bicyclic) bond motifs is 1. The van der Waals surface area contributed by atoms with Crippen LogP contribution in [0.3, 0.4) is 0 Å². The molecule has 3 aromatic rings. The number of nitrogens with zero attached hydrogens (tertiary/aromatic N) is 2. The first-order valence-corrected chi connectivity index (χ1v) is 11.8. The summed E-state index contributed by atoms with van der Waals surface area (Å²) in [6.07, 6.45) is 0.0924. The number of benzene rings is 2. The molecule has 0 unspecified atom stereocenters. The summed E-state index contributed by atoms with van der Waals surface area (Å²) < 4.78 is 30.8. The Morgan fingerprint density at radius 3 is 2.74 bits per heavy atom. The van der Waals surface area contributed by atoms with Gasteiger partial charge in [0.15, 0.2) is 5.78 Å². The van der Waals surface area contributed by atoms with Crippen molar-refractivity contribution >= 4 is 56.0 Å². The molecule has 4 rings (SSSR count). The Kier molecular flexibility index (Phi) is 7.04. The van der Waals surface area contributed by atoms with Gasteiger partial charge in [-0.05, 0) is 25.1 Å². The highest BCUT2D eigenvalue weighted by atomic mass is 79.9. The van der Waals surface area contributed by atoms with Crippen LogP contribution in [0.4, 0.5) is 8.78 Å². The highest BCUT2D eigenvalue weighted by molar-refractivity contribution is 9.10. The maximum atomic E-state index is 14.3. The maximum absolute atomic E-state index is 14.3. The van der Waals surface area contributed by atoms with Gasteiger partial charge in [-0.25, -0.2) is 8.78 Å². The molecule has 0 saturated carbocycles. The summed E-state index contributed by atoms with van der Waals surface area (Å²) in [6, 6.07) is 8.80. The van der Waals surface area contributed by atoms with Crippen molar-refractivity contribution in [3.8, 4) is 0 Å². The van der Waals surface area contributed by atoms with E-state index < -0.39 is 29.8 Å². The normalized spacial score (nSPS) is 17.9. The molecule has 1 N–H and O–H groups in total. The lowest BCUT2D eigenvalue weighted by atomic mass is 10.1. The SMILES string of the molecule is CC(=O)c1cn(CC(=O)N2C[C@H](F)C[C@H]2C(=O)NCc2cccc(Cl)c2F)c2cc(Br)ccc12. The molecule has 2 heterocycles. The Balaban J connectivity index is 1.52. The van der Waals surface area contributed by atoms with E-state index in [9.17, 15) is 23.2 Å². The van der Waals surface area contributed by atoms with Gasteiger partial charge in [0.25, 0.3) is 0 Å². The molecule has 2 aromatic carbocycles. The number of rotatable bonds is 6. The highest BCUT2D eigenvalue weighted by Gasteiger charge is 2.39. The summed E-state index contributed by atoms with van der Waals surface area (Å²) in [5, 5.41) is 3.21. The summed E-state index contributed by atoms with van der Waals surface area (Å²) >= 11 is 9.17. The van der Waals surface area contributed by atoms with Crippen LogP contribution in [-0.4, -0.2) is 45.8 Å². The van der Waals surface area contributed by atoms with Gasteiger partial charge in [0, 0.05) is 40.1 Å². The number of carbonyl (C=O) groups excluding carboxylic acids is 3. The molecule has 1 saturated heterocycles. The molecular formula is C24H21BrClF2N3O3. The van der Waals surface area contributed by atoms with Crippen molar-refractivity contribution < 1.29 is 23.2 Å². The van der Waals surface area contributed by atoms with Gasteiger partial charge in [-0.2, -0.15) is 0 Å². The van der Waals surface area contributed by atoms with Gasteiger partial charge in [-0.15, -0.1) is 0 Å². The second-order valence-electron chi connectivity index (χ2n) is 8.21. The number of hydrogen-bond donors (Lipinski definition) is 1. The van der Waals surface area contributed by atoms with Crippen molar-refractivity contribution in [2.24, 2.45) is 0 Å². The molecule has 178 valence electrons. The Hall–Kier alpha value is -2.78. The van der Waals surface area contributed by atoms with Crippen molar-refractivity contribution in [3.63, 3.8) is 0 Å². The largest absolute Gasteiger partial charge is 0.350 e. The molecule has 6 nitrogen and oxygen atoms in total. The molecule has 0 aliphatic carbocycles. The molecule has 0 spiro atoms. The van der Waals surface area contributed by atoms with Gasteiger partial charge < -0.3 is 14.8 Å². The number of alkyl halides is 1. The molecule has 34 heavy (non-hydrogen) atoms. The van der Waals surface area contributed by atoms with Crippen LogP contribution in [0.5, 0.6) is 0 Å². The predicted molar refractivity (Wildman–Crippen MR) is 128 cm³/mol. The van der Waals surface area contributed by atoms with Crippen molar-refractivity contribution in [1.82, 2.24) is 14.8 Å². The molecule has 1 aliphatic rings. The highest BCUT2D eigenvalue weighted by Crippen LogP contribution is 2.27. The summed E-state index contributed by atoms with van der Waals surface area (Å²) in [7, 11) is 0. The number of aromatic nitrogens is 1. The number of ketones is 1. The molecule has 1 aromatic heterocycles. The van der Waals surface area contributed by atoms with Gasteiger partial charge in [0.05, 0.1) is 17.1 Å². The van der Waals surface area contributed by atoms with E-state index in [0.717, 1.165) is 4.47 Å². The third-order valence-electron chi connectivity index (χ3n) is 5.89. The van der Waals surface area contributed by atoms with Crippen molar-refractivity contribution in [2.75, 3.05) is 6.54 Å². The molecule has 0 radical (unpaired) electrons. The van der Waals surface area contributed by atoms with Crippen LogP contribution < -0.4 is 5.32 Å². The van der Waals surface area contributed by atoms with Crippen LogP contribution in [0.25, 0.3) is 10.9 Å².